The van der Waals surface area contributed by atoms with Gasteiger partial charge in [-0.15, -0.1) is 11.6 Å². The molecule has 0 aliphatic heterocycles. The van der Waals surface area contributed by atoms with Crippen LogP contribution in [0.2, 0.25) is 0 Å². The summed E-state index contributed by atoms with van der Waals surface area (Å²) in [5.41, 5.74) is -2.69. The molecule has 0 spiro atoms. The lowest BCUT2D eigenvalue weighted by molar-refractivity contribution is -0.178. The molecule has 0 aromatic rings. The molecule has 0 saturated heterocycles. The van der Waals surface area contributed by atoms with Gasteiger partial charge in [-0.3, -0.25) is 0 Å². The summed E-state index contributed by atoms with van der Waals surface area (Å²) in [6, 6.07) is 0. The molecule has 0 aromatic heterocycles. The summed E-state index contributed by atoms with van der Waals surface area (Å²) in [5.74, 6) is -10.5. The quantitative estimate of drug-likeness (QED) is 0.633. The summed E-state index contributed by atoms with van der Waals surface area (Å²) >= 11 is 8.40. The molecule has 2 radical (unpaired) electrons. The zero-order valence-corrected chi connectivity index (χ0v) is 6.23. The minimum atomic E-state index is -5.06. The Labute approximate surface area is 69.3 Å². The lowest BCUT2D eigenvalue weighted by atomic mass is 10.2. The third-order valence-electron chi connectivity index (χ3n) is 0.793. The largest absolute Gasteiger partial charge is 0.363 e. The Morgan fingerprint density at radius 3 is 1.64 bits per heavy atom. The average Bonchev–Trinajstić information content (AvgIpc) is 1.87. The predicted molar refractivity (Wildman–Crippen MR) is 30.3 cm³/mol. The second-order valence-electron chi connectivity index (χ2n) is 1.57. The maximum Gasteiger partial charge on any atom is 0.363 e. The SMILES string of the molecule is F[C](Cl)C(F)(F)C(F)(F)[CH]Cl. The van der Waals surface area contributed by atoms with Gasteiger partial charge in [-0.25, -0.2) is 4.39 Å². The summed E-state index contributed by atoms with van der Waals surface area (Å²) in [4.78, 5) is 0. The highest BCUT2D eigenvalue weighted by Gasteiger charge is 2.62. The van der Waals surface area contributed by atoms with Gasteiger partial charge in [-0.1, -0.05) is 11.6 Å². The van der Waals surface area contributed by atoms with E-state index in [1.165, 1.54) is 0 Å². The van der Waals surface area contributed by atoms with E-state index in [9.17, 15) is 22.0 Å². The Hall–Kier alpha value is 0.230. The van der Waals surface area contributed by atoms with Crippen LogP contribution in [0.1, 0.15) is 0 Å². The Kier molecular flexibility index (Phi) is 3.38. The van der Waals surface area contributed by atoms with Crippen LogP contribution in [0, 0.1) is 11.5 Å². The van der Waals surface area contributed by atoms with Gasteiger partial charge < -0.3 is 0 Å². The van der Waals surface area contributed by atoms with Gasteiger partial charge in [-0.05, 0) is 0 Å². The van der Waals surface area contributed by atoms with Crippen molar-refractivity contribution in [1.82, 2.24) is 0 Å². The van der Waals surface area contributed by atoms with Crippen molar-refractivity contribution in [3.63, 3.8) is 0 Å². The average molecular weight is 215 g/mol. The first-order valence-corrected chi connectivity index (χ1v) is 2.96. The number of halogens is 7. The van der Waals surface area contributed by atoms with Gasteiger partial charge >= 0.3 is 17.5 Å². The maximum atomic E-state index is 11.9. The summed E-state index contributed by atoms with van der Waals surface area (Å²) in [6.45, 7) is 0. The minimum Gasteiger partial charge on any atom is -0.214 e. The van der Waals surface area contributed by atoms with Crippen LogP contribution >= 0.6 is 23.2 Å². The van der Waals surface area contributed by atoms with Crippen molar-refractivity contribution in [3.05, 3.63) is 11.5 Å². The van der Waals surface area contributed by atoms with Crippen LogP contribution in [0.15, 0.2) is 0 Å². The van der Waals surface area contributed by atoms with Crippen molar-refractivity contribution in [1.29, 1.82) is 0 Å². The van der Waals surface area contributed by atoms with Gasteiger partial charge in [0.1, 0.15) is 5.88 Å². The van der Waals surface area contributed by atoms with Crippen LogP contribution in [-0.4, -0.2) is 11.8 Å². The third kappa shape index (κ3) is 2.08. The van der Waals surface area contributed by atoms with Crippen LogP contribution in [0.25, 0.3) is 0 Å². The molecule has 0 fully saturated rings. The van der Waals surface area contributed by atoms with Crippen LogP contribution in [0.3, 0.4) is 0 Å². The molecule has 0 saturated carbocycles. The van der Waals surface area contributed by atoms with Crippen LogP contribution in [0.4, 0.5) is 22.0 Å². The molecule has 0 amide bonds. The molecular weight excluding hydrogens is 214 g/mol. The maximum absolute atomic E-state index is 11.9. The third-order valence-corrected chi connectivity index (χ3v) is 1.30. The molecule has 0 bridgehead atoms. The summed E-state index contributed by atoms with van der Waals surface area (Å²) < 4.78 is 59.2. The highest BCUT2D eigenvalue weighted by molar-refractivity contribution is 6.27. The Morgan fingerprint density at radius 1 is 1.18 bits per heavy atom. The first-order chi connectivity index (χ1) is 4.75. The molecule has 11 heavy (non-hydrogen) atoms. The van der Waals surface area contributed by atoms with E-state index in [1.807, 2.05) is 0 Å². The van der Waals surface area contributed by atoms with E-state index in [0.29, 0.717) is 0 Å². The second kappa shape index (κ2) is 3.31. The number of alkyl halides is 4. The van der Waals surface area contributed by atoms with Crippen LogP contribution in [-0.2, 0) is 0 Å². The molecule has 0 nitrogen and oxygen atoms in total. The van der Waals surface area contributed by atoms with Crippen LogP contribution < -0.4 is 0 Å². The highest BCUT2D eigenvalue weighted by atomic mass is 35.5. The van der Waals surface area contributed by atoms with Gasteiger partial charge in [0.15, 0.2) is 0 Å². The minimum absolute atomic E-state index is 0.644. The smallest absolute Gasteiger partial charge is 0.214 e. The summed E-state index contributed by atoms with van der Waals surface area (Å²) in [6.07, 6.45) is 0. The molecule has 7 heteroatoms. The van der Waals surface area contributed by atoms with Gasteiger partial charge in [0.2, 0.25) is 0 Å². The Bertz CT molecular complexity index is 134. The molecule has 0 rings (SSSR count). The van der Waals surface area contributed by atoms with Crippen molar-refractivity contribution in [3.8, 4) is 0 Å². The number of rotatable bonds is 3. The van der Waals surface area contributed by atoms with Gasteiger partial charge in [0.25, 0.3) is 0 Å². The van der Waals surface area contributed by atoms with Gasteiger partial charge in [-0.2, -0.15) is 17.6 Å². The molecule has 0 aliphatic rings. The molecule has 66 valence electrons. The zero-order chi connectivity index (χ0) is 9.28. The van der Waals surface area contributed by atoms with Crippen molar-refractivity contribution < 1.29 is 22.0 Å². The normalized spacial score (nSPS) is 14.2. The fourth-order valence-corrected chi connectivity index (χ4v) is 0.458. The fraction of sp³-hybridized carbons (Fsp3) is 0.500. The summed E-state index contributed by atoms with van der Waals surface area (Å²) in [5, 5.41) is 0. The molecule has 0 N–H and O–H groups in total. The van der Waals surface area contributed by atoms with E-state index in [4.69, 9.17) is 0 Å². The van der Waals surface area contributed by atoms with E-state index in [1.54, 1.807) is 0 Å². The van der Waals surface area contributed by atoms with E-state index in [-0.39, 0.29) is 0 Å². The molecule has 0 unspecified atom stereocenters. The van der Waals surface area contributed by atoms with E-state index in [0.717, 1.165) is 0 Å². The Balaban J connectivity index is 4.53. The van der Waals surface area contributed by atoms with Crippen molar-refractivity contribution >= 4 is 23.2 Å². The monoisotopic (exact) mass is 214 g/mol. The topological polar surface area (TPSA) is 0 Å². The van der Waals surface area contributed by atoms with Crippen LogP contribution in [0.5, 0.6) is 0 Å². The standard InChI is InChI=1S/C4HCl2F5/c5-1-3(8,9)4(10,11)2(6)7/h1H. The van der Waals surface area contributed by atoms with E-state index >= 15 is 0 Å². The zero-order valence-electron chi connectivity index (χ0n) is 4.72. The van der Waals surface area contributed by atoms with E-state index in [2.05, 4.69) is 23.2 Å². The molecule has 0 aromatic carbocycles. The van der Waals surface area contributed by atoms with Crippen molar-refractivity contribution in [2.24, 2.45) is 0 Å². The van der Waals surface area contributed by atoms with Gasteiger partial charge in [0.05, 0.1) is 0 Å². The lowest BCUT2D eigenvalue weighted by Crippen LogP contribution is -2.41. The van der Waals surface area contributed by atoms with Gasteiger partial charge in [0, 0.05) is 0 Å². The Morgan fingerprint density at radius 2 is 1.55 bits per heavy atom. The van der Waals surface area contributed by atoms with Crippen molar-refractivity contribution in [2.75, 3.05) is 0 Å². The highest BCUT2D eigenvalue weighted by Crippen LogP contribution is 2.45. The van der Waals surface area contributed by atoms with E-state index < -0.39 is 23.4 Å². The molecule has 0 atom stereocenters. The first-order valence-electron chi connectivity index (χ1n) is 2.14. The summed E-state index contributed by atoms with van der Waals surface area (Å²) in [7, 11) is 0. The number of hydrogen-bond donors (Lipinski definition) is 0. The van der Waals surface area contributed by atoms with Crippen molar-refractivity contribution in [2.45, 2.75) is 11.8 Å². The lowest BCUT2D eigenvalue weighted by Gasteiger charge is -2.22. The fourth-order valence-electron chi connectivity index (χ4n) is 0.194. The molecule has 0 heterocycles. The predicted octanol–water partition coefficient (Wildman–Crippen LogP) is 3.36. The first kappa shape index (κ1) is 11.2. The second-order valence-corrected chi connectivity index (χ2v) is 2.12. The molecular formula is C4HCl2F5. The number of hydrogen-bond acceptors (Lipinski definition) is 0. The molecule has 0 aliphatic carbocycles.